The molecule has 0 saturated carbocycles. The number of aryl methyl sites for hydroxylation is 1. The Bertz CT molecular complexity index is 977. The normalized spacial score (nSPS) is 17.4. The molecule has 1 atom stereocenters. The molecular formula is C24H29FN4O3. The van der Waals surface area contributed by atoms with E-state index in [2.05, 4.69) is 45.7 Å². The van der Waals surface area contributed by atoms with Gasteiger partial charge in [-0.1, -0.05) is 24.3 Å². The second-order valence-corrected chi connectivity index (χ2v) is 8.22. The molecule has 1 fully saturated rings. The van der Waals surface area contributed by atoms with Gasteiger partial charge < -0.3 is 20.3 Å². The van der Waals surface area contributed by atoms with Crippen molar-refractivity contribution in [1.29, 1.82) is 0 Å². The van der Waals surface area contributed by atoms with Gasteiger partial charge in [-0.05, 0) is 42.2 Å². The van der Waals surface area contributed by atoms with Crippen molar-refractivity contribution in [2.75, 3.05) is 56.7 Å². The lowest BCUT2D eigenvalue weighted by Crippen LogP contribution is -2.45. The lowest BCUT2D eigenvalue weighted by molar-refractivity contribution is -0.136. The molecule has 0 aliphatic carbocycles. The minimum atomic E-state index is -0.886. The van der Waals surface area contributed by atoms with Gasteiger partial charge in [0.15, 0.2) is 0 Å². The van der Waals surface area contributed by atoms with E-state index in [-0.39, 0.29) is 18.3 Å². The Kier molecular flexibility index (Phi) is 7.02. The van der Waals surface area contributed by atoms with Crippen molar-refractivity contribution in [3.05, 3.63) is 59.4 Å². The van der Waals surface area contributed by atoms with Gasteiger partial charge in [-0.2, -0.15) is 0 Å². The molecule has 0 spiro atoms. The molecule has 7 nitrogen and oxygen atoms in total. The fourth-order valence-electron chi connectivity index (χ4n) is 4.37. The molecule has 2 heterocycles. The van der Waals surface area contributed by atoms with Crippen LogP contribution >= 0.6 is 0 Å². The number of nitrogens with zero attached hydrogens (tertiary/aromatic N) is 2. The number of carbonyl (C=O) groups is 2. The third-order valence-electron chi connectivity index (χ3n) is 6.11. The predicted molar refractivity (Wildman–Crippen MR) is 121 cm³/mol. The van der Waals surface area contributed by atoms with Crippen LogP contribution < -0.4 is 15.5 Å². The Morgan fingerprint density at radius 1 is 1.09 bits per heavy atom. The van der Waals surface area contributed by atoms with E-state index in [1.165, 1.54) is 29.4 Å². The van der Waals surface area contributed by atoms with Crippen LogP contribution in [0.4, 0.5) is 15.8 Å². The smallest absolute Gasteiger partial charge is 0.313 e. The second kappa shape index (κ2) is 10.1. The van der Waals surface area contributed by atoms with Crippen LogP contribution in [-0.2, 0) is 20.7 Å². The van der Waals surface area contributed by atoms with Crippen LogP contribution in [0.3, 0.4) is 0 Å². The number of para-hydroxylation sites is 1. The van der Waals surface area contributed by atoms with Gasteiger partial charge in [-0.15, -0.1) is 0 Å². The largest absolute Gasteiger partial charge is 0.379 e. The highest BCUT2D eigenvalue weighted by atomic mass is 19.1. The highest BCUT2D eigenvalue weighted by Crippen LogP contribution is 2.31. The predicted octanol–water partition coefficient (Wildman–Crippen LogP) is 2.34. The summed E-state index contributed by atoms with van der Waals surface area (Å²) in [6, 6.07) is 12.2. The van der Waals surface area contributed by atoms with Crippen LogP contribution in [0.5, 0.6) is 0 Å². The topological polar surface area (TPSA) is 73.9 Å². The Balaban J connectivity index is 1.47. The van der Waals surface area contributed by atoms with E-state index in [0.717, 1.165) is 38.0 Å². The zero-order chi connectivity index (χ0) is 22.5. The average molecular weight is 441 g/mol. The van der Waals surface area contributed by atoms with Crippen molar-refractivity contribution in [3.8, 4) is 0 Å². The molecule has 170 valence electrons. The molecule has 2 aromatic rings. The molecule has 8 heteroatoms. The number of carbonyl (C=O) groups excluding carboxylic acids is 2. The van der Waals surface area contributed by atoms with Crippen molar-refractivity contribution < 1.29 is 18.7 Å². The first-order valence-corrected chi connectivity index (χ1v) is 11.0. The highest BCUT2D eigenvalue weighted by molar-refractivity contribution is 6.39. The number of anilines is 2. The first-order chi connectivity index (χ1) is 15.5. The number of hydrogen-bond donors (Lipinski definition) is 2. The number of hydrogen-bond acceptors (Lipinski definition) is 5. The van der Waals surface area contributed by atoms with Crippen LogP contribution in [0, 0.1) is 5.82 Å². The second-order valence-electron chi connectivity index (χ2n) is 8.22. The van der Waals surface area contributed by atoms with Gasteiger partial charge in [0, 0.05) is 38.9 Å². The lowest BCUT2D eigenvalue weighted by atomic mass is 9.95. The zero-order valence-corrected chi connectivity index (χ0v) is 18.3. The number of halogens is 1. The van der Waals surface area contributed by atoms with E-state index in [1.807, 2.05) is 0 Å². The molecular weight excluding hydrogens is 411 g/mol. The molecule has 0 bridgehead atoms. The van der Waals surface area contributed by atoms with Gasteiger partial charge in [-0.25, -0.2) is 4.39 Å². The Morgan fingerprint density at radius 3 is 2.66 bits per heavy atom. The summed E-state index contributed by atoms with van der Waals surface area (Å²) in [5.41, 5.74) is 3.64. The average Bonchev–Trinajstić information content (AvgIpc) is 2.81. The van der Waals surface area contributed by atoms with Gasteiger partial charge in [0.2, 0.25) is 0 Å². The van der Waals surface area contributed by atoms with Crippen LogP contribution in [0.25, 0.3) is 0 Å². The number of benzene rings is 2. The van der Waals surface area contributed by atoms with Gasteiger partial charge in [-0.3, -0.25) is 14.5 Å². The van der Waals surface area contributed by atoms with Gasteiger partial charge in [0.1, 0.15) is 5.82 Å². The third-order valence-corrected chi connectivity index (χ3v) is 6.11. The number of fused-ring (bicyclic) bond motifs is 1. The van der Waals surface area contributed by atoms with Gasteiger partial charge in [0.25, 0.3) is 0 Å². The summed E-state index contributed by atoms with van der Waals surface area (Å²) < 4.78 is 19.3. The van der Waals surface area contributed by atoms with E-state index >= 15 is 0 Å². The summed E-state index contributed by atoms with van der Waals surface area (Å²) in [5.74, 6) is -2.26. The molecule has 2 aromatic carbocycles. The molecule has 2 aliphatic rings. The molecule has 2 N–H and O–H groups in total. The summed E-state index contributed by atoms with van der Waals surface area (Å²) in [5, 5.41) is 5.07. The lowest BCUT2D eigenvalue weighted by Gasteiger charge is -2.36. The monoisotopic (exact) mass is 440 g/mol. The molecule has 4 rings (SSSR count). The third kappa shape index (κ3) is 5.08. The summed E-state index contributed by atoms with van der Waals surface area (Å²) in [6.45, 7) is 4.08. The molecule has 0 aromatic heterocycles. The molecule has 0 radical (unpaired) electrons. The van der Waals surface area contributed by atoms with Crippen molar-refractivity contribution in [2.24, 2.45) is 0 Å². The van der Waals surface area contributed by atoms with Crippen LogP contribution in [-0.4, -0.2) is 63.2 Å². The number of rotatable bonds is 5. The van der Waals surface area contributed by atoms with Crippen LogP contribution in [0.1, 0.15) is 23.6 Å². The Labute approximate surface area is 187 Å². The highest BCUT2D eigenvalue weighted by Gasteiger charge is 2.26. The molecule has 2 aliphatic heterocycles. The maximum atomic E-state index is 13.8. The fourth-order valence-corrected chi connectivity index (χ4v) is 4.37. The Morgan fingerprint density at radius 2 is 1.88 bits per heavy atom. The SMILES string of the molecule is CN1CCCc2cc([C@@H](CNC(=O)C(=O)Nc3ccccc3F)N3CCOCC3)ccc21. The molecule has 32 heavy (non-hydrogen) atoms. The van der Waals surface area contributed by atoms with E-state index in [1.54, 1.807) is 6.07 Å². The maximum absolute atomic E-state index is 13.8. The van der Waals surface area contributed by atoms with E-state index in [9.17, 15) is 14.0 Å². The number of ether oxygens (including phenoxy) is 1. The molecule has 0 unspecified atom stereocenters. The van der Waals surface area contributed by atoms with Gasteiger partial charge in [0.05, 0.1) is 24.9 Å². The summed E-state index contributed by atoms with van der Waals surface area (Å²) in [4.78, 5) is 29.3. The van der Waals surface area contributed by atoms with E-state index in [4.69, 9.17) is 4.74 Å². The van der Waals surface area contributed by atoms with Gasteiger partial charge >= 0.3 is 11.8 Å². The van der Waals surface area contributed by atoms with Crippen molar-refractivity contribution in [1.82, 2.24) is 10.2 Å². The number of morpholine rings is 1. The first-order valence-electron chi connectivity index (χ1n) is 11.0. The Hall–Kier alpha value is -2.97. The van der Waals surface area contributed by atoms with Crippen LogP contribution in [0.2, 0.25) is 0 Å². The van der Waals surface area contributed by atoms with Crippen LogP contribution in [0.15, 0.2) is 42.5 Å². The zero-order valence-electron chi connectivity index (χ0n) is 18.3. The standard InChI is InChI=1S/C24H29FN4O3/c1-28-10-4-5-17-15-18(8-9-21(17)28)22(29-11-13-32-14-12-29)16-26-23(30)24(31)27-20-7-3-2-6-19(20)25/h2-3,6-9,15,22H,4-5,10-14,16H2,1H3,(H,26,30)(H,27,31)/t22-/m1/s1. The van der Waals surface area contributed by atoms with Crippen molar-refractivity contribution in [3.63, 3.8) is 0 Å². The van der Waals surface area contributed by atoms with Crippen molar-refractivity contribution in [2.45, 2.75) is 18.9 Å². The van der Waals surface area contributed by atoms with Crippen molar-refractivity contribution >= 4 is 23.2 Å². The molecule has 2 amide bonds. The summed E-state index contributed by atoms with van der Waals surface area (Å²) >= 11 is 0. The van der Waals surface area contributed by atoms with E-state index in [0.29, 0.717) is 13.2 Å². The maximum Gasteiger partial charge on any atom is 0.313 e. The number of amides is 2. The molecule has 1 saturated heterocycles. The fraction of sp³-hybridized carbons (Fsp3) is 0.417. The quantitative estimate of drug-likeness (QED) is 0.699. The summed E-state index contributed by atoms with van der Waals surface area (Å²) in [6.07, 6.45) is 2.14. The van der Waals surface area contributed by atoms with E-state index < -0.39 is 17.6 Å². The first kappa shape index (κ1) is 22.2. The minimum absolute atomic E-state index is 0.0174. The summed E-state index contributed by atoms with van der Waals surface area (Å²) in [7, 11) is 2.10. The number of nitrogens with one attached hydrogen (secondary N) is 2. The minimum Gasteiger partial charge on any atom is -0.379 e.